The van der Waals surface area contributed by atoms with E-state index in [2.05, 4.69) is 13.8 Å². The van der Waals surface area contributed by atoms with Gasteiger partial charge in [-0.15, -0.1) is 0 Å². The summed E-state index contributed by atoms with van der Waals surface area (Å²) in [5.41, 5.74) is 0. The van der Waals surface area contributed by atoms with Crippen LogP contribution in [0.4, 0.5) is 0 Å². The van der Waals surface area contributed by atoms with Crippen molar-refractivity contribution in [1.29, 1.82) is 0 Å². The maximum atomic E-state index is 11.3. The molecule has 0 aliphatic carbocycles. The fraction of sp³-hybridized carbons (Fsp3) is 0.846. The van der Waals surface area contributed by atoms with Crippen LogP contribution in [-0.2, 0) is 4.79 Å². The molecule has 0 rings (SSSR count). The van der Waals surface area contributed by atoms with Gasteiger partial charge in [0.15, 0.2) is 0 Å². The van der Waals surface area contributed by atoms with Crippen molar-refractivity contribution in [3.63, 3.8) is 0 Å². The van der Waals surface area contributed by atoms with Gasteiger partial charge in [-0.25, -0.2) is 0 Å². The summed E-state index contributed by atoms with van der Waals surface area (Å²) in [7, 11) is 0. The molecule has 0 amide bonds. The van der Waals surface area contributed by atoms with Gasteiger partial charge in [0.25, 0.3) is 0 Å². The third-order valence-corrected chi connectivity index (χ3v) is 2.46. The van der Waals surface area contributed by atoms with Crippen LogP contribution in [0, 0.1) is 6.42 Å². The van der Waals surface area contributed by atoms with Crippen molar-refractivity contribution < 1.29 is 4.79 Å². The first-order valence-corrected chi connectivity index (χ1v) is 6.17. The molecule has 0 unspecified atom stereocenters. The van der Waals surface area contributed by atoms with E-state index in [4.69, 9.17) is 0 Å². The topological polar surface area (TPSA) is 17.1 Å². The molecule has 1 heteroatoms. The van der Waals surface area contributed by atoms with Crippen LogP contribution in [0.1, 0.15) is 71.6 Å². The zero-order chi connectivity index (χ0) is 10.6. The third-order valence-electron chi connectivity index (χ3n) is 2.46. The Morgan fingerprint density at radius 3 is 2.21 bits per heavy atom. The van der Waals surface area contributed by atoms with Crippen LogP contribution in [-0.4, -0.2) is 5.78 Å². The highest BCUT2D eigenvalue weighted by atomic mass is 16.1. The standard InChI is InChI=1S/C13H25O/c1-3-5-7-9-11-13(14)12-10-8-6-4-2/h11H,3-10,12H2,1-2H3. The number of hydrogen-bond acceptors (Lipinski definition) is 1. The predicted molar refractivity (Wildman–Crippen MR) is 62.2 cm³/mol. The molecule has 1 nitrogen and oxygen atoms in total. The fourth-order valence-electron chi connectivity index (χ4n) is 1.49. The molecule has 0 aromatic heterocycles. The second-order valence-corrected chi connectivity index (χ2v) is 3.98. The fourth-order valence-corrected chi connectivity index (χ4v) is 1.49. The van der Waals surface area contributed by atoms with Gasteiger partial charge in [-0.3, -0.25) is 4.79 Å². The summed E-state index contributed by atoms with van der Waals surface area (Å²) in [5, 5.41) is 0. The van der Waals surface area contributed by atoms with Crippen LogP contribution >= 0.6 is 0 Å². The van der Waals surface area contributed by atoms with Crippen LogP contribution < -0.4 is 0 Å². The molecule has 0 aliphatic rings. The van der Waals surface area contributed by atoms with Gasteiger partial charge in [0.05, 0.1) is 0 Å². The Hall–Kier alpha value is -0.330. The lowest BCUT2D eigenvalue weighted by Crippen LogP contribution is -1.98. The Kier molecular flexibility index (Phi) is 10.5. The molecule has 83 valence electrons. The highest BCUT2D eigenvalue weighted by Crippen LogP contribution is 2.07. The Bertz CT molecular complexity index is 115. The minimum atomic E-state index is 0.359. The second kappa shape index (κ2) is 10.7. The van der Waals surface area contributed by atoms with E-state index in [0.29, 0.717) is 5.78 Å². The van der Waals surface area contributed by atoms with Gasteiger partial charge in [-0.2, -0.15) is 0 Å². The van der Waals surface area contributed by atoms with E-state index in [-0.39, 0.29) is 0 Å². The number of hydrogen-bond donors (Lipinski definition) is 0. The molecule has 0 aromatic rings. The predicted octanol–water partition coefficient (Wildman–Crippen LogP) is 4.31. The second-order valence-electron chi connectivity index (χ2n) is 3.98. The van der Waals surface area contributed by atoms with Crippen LogP contribution in [0.5, 0.6) is 0 Å². The summed E-state index contributed by atoms with van der Waals surface area (Å²) in [4.78, 5) is 11.3. The zero-order valence-electron chi connectivity index (χ0n) is 9.85. The molecule has 0 bridgehead atoms. The van der Waals surface area contributed by atoms with Gasteiger partial charge in [-0.1, -0.05) is 52.4 Å². The first-order valence-electron chi connectivity index (χ1n) is 6.17. The minimum absolute atomic E-state index is 0.359. The number of carbonyl (C=O) groups excluding carboxylic acids is 1. The molecule has 0 aromatic carbocycles. The number of Topliss-reactive ketones (excluding diaryl/α,β-unsaturated/α-hetero) is 1. The van der Waals surface area contributed by atoms with Crippen LogP contribution in [0.25, 0.3) is 0 Å². The molecular formula is C13H25O. The van der Waals surface area contributed by atoms with E-state index in [0.717, 1.165) is 19.3 Å². The largest absolute Gasteiger partial charge is 0.299 e. The maximum absolute atomic E-state index is 11.3. The summed E-state index contributed by atoms with van der Waals surface area (Å²) in [6.07, 6.45) is 12.1. The van der Waals surface area contributed by atoms with Crippen LogP contribution in [0.15, 0.2) is 0 Å². The maximum Gasteiger partial charge on any atom is 0.136 e. The van der Waals surface area contributed by atoms with E-state index in [1.807, 2.05) is 6.42 Å². The van der Waals surface area contributed by atoms with Crippen molar-refractivity contribution in [2.45, 2.75) is 71.6 Å². The van der Waals surface area contributed by atoms with E-state index >= 15 is 0 Å². The van der Waals surface area contributed by atoms with E-state index in [1.165, 1.54) is 38.5 Å². The Morgan fingerprint density at radius 1 is 0.929 bits per heavy atom. The minimum Gasteiger partial charge on any atom is -0.299 e. The molecule has 14 heavy (non-hydrogen) atoms. The lowest BCUT2D eigenvalue weighted by Gasteiger charge is -2.00. The molecule has 1 radical (unpaired) electrons. The average molecular weight is 197 g/mol. The van der Waals surface area contributed by atoms with Crippen molar-refractivity contribution in [3.05, 3.63) is 6.42 Å². The van der Waals surface area contributed by atoms with Gasteiger partial charge in [0.2, 0.25) is 0 Å². The molecule has 0 saturated heterocycles. The highest BCUT2D eigenvalue weighted by Gasteiger charge is 2.01. The lowest BCUT2D eigenvalue weighted by atomic mass is 10.0. The normalized spacial score (nSPS) is 10.4. The van der Waals surface area contributed by atoms with Gasteiger partial charge >= 0.3 is 0 Å². The summed E-state index contributed by atoms with van der Waals surface area (Å²) >= 11 is 0. The summed E-state index contributed by atoms with van der Waals surface area (Å²) in [6, 6.07) is 0. The number of ketones is 1. The van der Waals surface area contributed by atoms with Crippen molar-refractivity contribution >= 4 is 5.78 Å². The highest BCUT2D eigenvalue weighted by molar-refractivity contribution is 5.86. The molecule has 0 fully saturated rings. The molecule has 0 atom stereocenters. The van der Waals surface area contributed by atoms with Crippen LogP contribution in [0.3, 0.4) is 0 Å². The number of carbonyl (C=O) groups is 1. The smallest absolute Gasteiger partial charge is 0.136 e. The lowest BCUT2D eigenvalue weighted by molar-refractivity contribution is -0.116. The van der Waals surface area contributed by atoms with Crippen molar-refractivity contribution in [1.82, 2.24) is 0 Å². The first-order chi connectivity index (χ1) is 6.81. The van der Waals surface area contributed by atoms with Crippen molar-refractivity contribution in [2.24, 2.45) is 0 Å². The zero-order valence-corrected chi connectivity index (χ0v) is 9.85. The quantitative estimate of drug-likeness (QED) is 0.477. The van der Waals surface area contributed by atoms with Crippen LogP contribution in [0.2, 0.25) is 0 Å². The van der Waals surface area contributed by atoms with E-state index < -0.39 is 0 Å². The Labute approximate surface area is 89.3 Å². The molecule has 0 aliphatic heterocycles. The molecule has 0 N–H and O–H groups in total. The van der Waals surface area contributed by atoms with E-state index in [9.17, 15) is 4.79 Å². The summed E-state index contributed by atoms with van der Waals surface area (Å²) < 4.78 is 0. The van der Waals surface area contributed by atoms with Gasteiger partial charge < -0.3 is 0 Å². The van der Waals surface area contributed by atoms with E-state index in [1.54, 1.807) is 0 Å². The summed E-state index contributed by atoms with van der Waals surface area (Å²) in [5.74, 6) is 0.359. The SMILES string of the molecule is CCCCC[CH]C(=O)CCCCCC. The summed E-state index contributed by atoms with van der Waals surface area (Å²) in [6.45, 7) is 4.38. The molecule has 0 heterocycles. The Morgan fingerprint density at radius 2 is 1.57 bits per heavy atom. The number of rotatable bonds is 10. The molecular weight excluding hydrogens is 172 g/mol. The Balaban J connectivity index is 3.11. The first kappa shape index (κ1) is 13.7. The van der Waals surface area contributed by atoms with Gasteiger partial charge in [0, 0.05) is 12.8 Å². The van der Waals surface area contributed by atoms with Crippen molar-refractivity contribution in [2.75, 3.05) is 0 Å². The van der Waals surface area contributed by atoms with Crippen molar-refractivity contribution in [3.8, 4) is 0 Å². The van der Waals surface area contributed by atoms with Gasteiger partial charge in [0.1, 0.15) is 5.78 Å². The average Bonchev–Trinajstić information content (AvgIpc) is 2.19. The third kappa shape index (κ3) is 9.76. The number of unbranched alkanes of at least 4 members (excludes halogenated alkanes) is 6. The van der Waals surface area contributed by atoms with Gasteiger partial charge in [-0.05, 0) is 12.8 Å². The molecule has 0 spiro atoms. The molecule has 0 saturated carbocycles. The monoisotopic (exact) mass is 197 g/mol.